The van der Waals surface area contributed by atoms with Gasteiger partial charge >= 0.3 is 0 Å². The first-order chi connectivity index (χ1) is 13.6. The van der Waals surface area contributed by atoms with Gasteiger partial charge in [0.15, 0.2) is 11.5 Å². The van der Waals surface area contributed by atoms with Crippen LogP contribution in [0.4, 0.5) is 0 Å². The van der Waals surface area contributed by atoms with Crippen molar-refractivity contribution >= 4 is 12.0 Å². The Bertz CT molecular complexity index is 797. The van der Waals surface area contributed by atoms with Gasteiger partial charge in [-0.05, 0) is 60.7 Å². The molecule has 1 amide bonds. The van der Waals surface area contributed by atoms with Gasteiger partial charge in [0.05, 0.1) is 13.7 Å². The number of rotatable bonds is 11. The van der Waals surface area contributed by atoms with Gasteiger partial charge in [-0.15, -0.1) is 6.58 Å². The third-order valence-corrected chi connectivity index (χ3v) is 4.07. The lowest BCUT2D eigenvalue weighted by atomic mass is 10.1. The molecule has 0 spiro atoms. The lowest BCUT2D eigenvalue weighted by Gasteiger charge is -2.11. The maximum absolute atomic E-state index is 12.0. The number of benzene rings is 2. The predicted octanol–water partition coefficient (Wildman–Crippen LogP) is 4.12. The van der Waals surface area contributed by atoms with Crippen LogP contribution in [0.3, 0.4) is 0 Å². The summed E-state index contributed by atoms with van der Waals surface area (Å²) in [4.78, 5) is 12.0. The molecule has 2 aromatic carbocycles. The van der Waals surface area contributed by atoms with Crippen molar-refractivity contribution in [2.24, 2.45) is 0 Å². The van der Waals surface area contributed by atoms with E-state index in [0.29, 0.717) is 31.1 Å². The highest BCUT2D eigenvalue weighted by Gasteiger charge is 2.05. The second kappa shape index (κ2) is 11.5. The predicted molar refractivity (Wildman–Crippen MR) is 112 cm³/mol. The Balaban J connectivity index is 1.86. The maximum atomic E-state index is 12.0. The summed E-state index contributed by atoms with van der Waals surface area (Å²) in [5.41, 5.74) is 1.91. The first-order valence-electron chi connectivity index (χ1n) is 9.28. The SMILES string of the molecule is C=CCCCOc1cc(C=CC(=O)NCCc2ccc(O)cc2)ccc1OC. The highest BCUT2D eigenvalue weighted by Crippen LogP contribution is 2.28. The Morgan fingerprint density at radius 1 is 1.18 bits per heavy atom. The van der Waals surface area contributed by atoms with Gasteiger partial charge in [-0.25, -0.2) is 0 Å². The average molecular weight is 381 g/mol. The highest BCUT2D eigenvalue weighted by molar-refractivity contribution is 5.91. The van der Waals surface area contributed by atoms with Gasteiger partial charge in [0.2, 0.25) is 5.91 Å². The summed E-state index contributed by atoms with van der Waals surface area (Å²) in [7, 11) is 1.60. The first kappa shape index (κ1) is 21.1. The minimum Gasteiger partial charge on any atom is -0.508 e. The quantitative estimate of drug-likeness (QED) is 0.349. The molecule has 0 radical (unpaired) electrons. The molecule has 148 valence electrons. The fourth-order valence-electron chi connectivity index (χ4n) is 2.54. The van der Waals surface area contributed by atoms with Crippen LogP contribution in [0, 0.1) is 0 Å². The minimum absolute atomic E-state index is 0.164. The topological polar surface area (TPSA) is 67.8 Å². The van der Waals surface area contributed by atoms with E-state index >= 15 is 0 Å². The lowest BCUT2D eigenvalue weighted by Crippen LogP contribution is -2.23. The van der Waals surface area contributed by atoms with Crippen LogP contribution in [0.25, 0.3) is 6.08 Å². The number of carbonyl (C=O) groups is 1. The normalized spacial score (nSPS) is 10.6. The van der Waals surface area contributed by atoms with Crippen molar-refractivity contribution in [3.63, 3.8) is 0 Å². The largest absolute Gasteiger partial charge is 0.508 e. The lowest BCUT2D eigenvalue weighted by molar-refractivity contribution is -0.116. The standard InChI is InChI=1S/C23H27NO4/c1-3-4-5-16-28-22-17-19(8-12-21(22)27-2)9-13-23(26)24-15-14-18-6-10-20(25)11-7-18/h3,6-13,17,25H,1,4-5,14-16H2,2H3,(H,24,26). The molecule has 0 fully saturated rings. The van der Waals surface area contributed by atoms with Gasteiger partial charge in [0.25, 0.3) is 0 Å². The minimum atomic E-state index is -0.164. The number of phenolic OH excluding ortho intramolecular Hbond substituents is 1. The number of amides is 1. The van der Waals surface area contributed by atoms with Crippen LogP contribution >= 0.6 is 0 Å². The third kappa shape index (κ3) is 7.19. The van der Waals surface area contributed by atoms with Crippen molar-refractivity contribution in [2.45, 2.75) is 19.3 Å². The number of nitrogens with one attached hydrogen (secondary N) is 1. The van der Waals surface area contributed by atoms with Crippen molar-refractivity contribution in [2.75, 3.05) is 20.3 Å². The molecule has 0 atom stereocenters. The van der Waals surface area contributed by atoms with Gasteiger partial charge in [-0.3, -0.25) is 4.79 Å². The molecule has 0 bridgehead atoms. The highest BCUT2D eigenvalue weighted by atomic mass is 16.5. The fraction of sp³-hybridized carbons (Fsp3) is 0.261. The van der Waals surface area contributed by atoms with Gasteiger partial charge < -0.3 is 19.9 Å². The Kier molecular flexibility index (Phi) is 8.66. The first-order valence-corrected chi connectivity index (χ1v) is 9.28. The van der Waals surface area contributed by atoms with Gasteiger partial charge in [0, 0.05) is 12.6 Å². The Labute approximate surface area is 166 Å². The molecule has 0 saturated heterocycles. The number of aromatic hydroxyl groups is 1. The molecular weight excluding hydrogens is 354 g/mol. The molecule has 0 saturated carbocycles. The van der Waals surface area contributed by atoms with E-state index in [1.807, 2.05) is 36.4 Å². The van der Waals surface area contributed by atoms with Gasteiger partial charge in [-0.1, -0.05) is 24.3 Å². The van der Waals surface area contributed by atoms with E-state index in [0.717, 1.165) is 24.0 Å². The monoisotopic (exact) mass is 381 g/mol. The molecule has 2 N–H and O–H groups in total. The van der Waals surface area contributed by atoms with Crippen molar-refractivity contribution in [3.05, 3.63) is 72.3 Å². The molecule has 0 unspecified atom stereocenters. The van der Waals surface area contributed by atoms with E-state index in [2.05, 4.69) is 11.9 Å². The van der Waals surface area contributed by atoms with E-state index in [1.54, 1.807) is 25.3 Å². The molecule has 2 aromatic rings. The number of allylic oxidation sites excluding steroid dienone is 1. The second-order valence-corrected chi connectivity index (χ2v) is 6.23. The van der Waals surface area contributed by atoms with Crippen LogP contribution in [0.15, 0.2) is 61.2 Å². The van der Waals surface area contributed by atoms with E-state index in [-0.39, 0.29) is 11.7 Å². The van der Waals surface area contributed by atoms with Crippen LogP contribution < -0.4 is 14.8 Å². The van der Waals surface area contributed by atoms with Crippen molar-refractivity contribution in [1.29, 1.82) is 0 Å². The molecule has 0 aliphatic carbocycles. The molecule has 0 aliphatic rings. The summed E-state index contributed by atoms with van der Waals surface area (Å²) in [6.45, 7) is 4.80. The van der Waals surface area contributed by atoms with Gasteiger partial charge in [-0.2, -0.15) is 0 Å². The van der Waals surface area contributed by atoms with E-state index < -0.39 is 0 Å². The molecular formula is C23H27NO4. The zero-order chi connectivity index (χ0) is 20.2. The number of hydrogen-bond donors (Lipinski definition) is 2. The zero-order valence-corrected chi connectivity index (χ0v) is 16.2. The Hall–Kier alpha value is -3.21. The molecule has 0 heterocycles. The third-order valence-electron chi connectivity index (χ3n) is 4.07. The molecule has 5 heteroatoms. The fourth-order valence-corrected chi connectivity index (χ4v) is 2.54. The number of methoxy groups -OCH3 is 1. The van der Waals surface area contributed by atoms with E-state index in [9.17, 15) is 9.90 Å². The van der Waals surface area contributed by atoms with Crippen LogP contribution in [-0.2, 0) is 11.2 Å². The van der Waals surface area contributed by atoms with Crippen LogP contribution in [0.1, 0.15) is 24.0 Å². The van der Waals surface area contributed by atoms with Crippen molar-refractivity contribution in [3.8, 4) is 17.2 Å². The van der Waals surface area contributed by atoms with Gasteiger partial charge in [0.1, 0.15) is 5.75 Å². The molecule has 2 rings (SSSR count). The van der Waals surface area contributed by atoms with Crippen LogP contribution in [0.2, 0.25) is 0 Å². The Morgan fingerprint density at radius 3 is 2.68 bits per heavy atom. The summed E-state index contributed by atoms with van der Waals surface area (Å²) in [6.07, 6.45) is 7.58. The molecule has 5 nitrogen and oxygen atoms in total. The number of carbonyl (C=O) groups excluding carboxylic acids is 1. The molecule has 0 aromatic heterocycles. The number of phenols is 1. The van der Waals surface area contributed by atoms with Crippen molar-refractivity contribution < 1.29 is 19.4 Å². The molecule has 0 aliphatic heterocycles. The summed E-state index contributed by atoms with van der Waals surface area (Å²) in [6, 6.07) is 12.5. The summed E-state index contributed by atoms with van der Waals surface area (Å²) < 4.78 is 11.1. The van der Waals surface area contributed by atoms with Crippen LogP contribution in [-0.4, -0.2) is 31.3 Å². The zero-order valence-electron chi connectivity index (χ0n) is 16.2. The average Bonchev–Trinajstić information content (AvgIpc) is 2.71. The van der Waals surface area contributed by atoms with E-state index in [4.69, 9.17) is 9.47 Å². The van der Waals surface area contributed by atoms with Crippen LogP contribution in [0.5, 0.6) is 17.2 Å². The summed E-state index contributed by atoms with van der Waals surface area (Å²) >= 11 is 0. The number of ether oxygens (including phenoxy) is 2. The number of unbranched alkanes of at least 4 members (excludes halogenated alkanes) is 1. The Morgan fingerprint density at radius 2 is 1.96 bits per heavy atom. The maximum Gasteiger partial charge on any atom is 0.244 e. The molecule has 28 heavy (non-hydrogen) atoms. The summed E-state index contributed by atoms with van der Waals surface area (Å²) in [5.74, 6) is 1.39. The van der Waals surface area contributed by atoms with Crippen molar-refractivity contribution in [1.82, 2.24) is 5.32 Å². The smallest absolute Gasteiger partial charge is 0.244 e. The number of hydrogen-bond acceptors (Lipinski definition) is 4. The summed E-state index contributed by atoms with van der Waals surface area (Å²) in [5, 5.41) is 12.1. The van der Waals surface area contributed by atoms with E-state index in [1.165, 1.54) is 6.08 Å². The second-order valence-electron chi connectivity index (χ2n) is 6.23.